The Balaban J connectivity index is 4.33. The van der Waals surface area contributed by atoms with Crippen molar-refractivity contribution in [1.82, 2.24) is 4.90 Å². The minimum atomic E-state index is -0.102. The molecule has 9 heteroatoms. The second kappa shape index (κ2) is 24.8. The summed E-state index contributed by atoms with van der Waals surface area (Å²) in [5.74, 6) is -0.204. The van der Waals surface area contributed by atoms with Gasteiger partial charge in [-0.3, -0.25) is 14.5 Å². The van der Waals surface area contributed by atoms with Crippen LogP contribution in [0.4, 0.5) is 0 Å². The van der Waals surface area contributed by atoms with Crippen molar-refractivity contribution in [1.29, 1.82) is 5.26 Å². The number of ether oxygens (including phenoxy) is 1. The topological polar surface area (TPSA) is 129 Å². The van der Waals surface area contributed by atoms with Crippen LogP contribution >= 0.6 is 0 Å². The second-order valence-electron chi connectivity index (χ2n) is 8.27. The van der Waals surface area contributed by atoms with Crippen LogP contribution in [0.1, 0.15) is 103 Å². The Morgan fingerprint density at radius 3 is 1.59 bits per heavy atom. The molecule has 0 atom stereocenters. The van der Waals surface area contributed by atoms with E-state index in [9.17, 15) is 19.2 Å². The Morgan fingerprint density at radius 1 is 0.647 bits per heavy atom. The lowest BCUT2D eigenvalue weighted by molar-refractivity contribution is -0.145. The molecule has 0 aromatic rings. The van der Waals surface area contributed by atoms with Gasteiger partial charge in [-0.05, 0) is 44.9 Å². The molecular formula is C25H40N4O5. The van der Waals surface area contributed by atoms with Crippen molar-refractivity contribution >= 4 is 24.0 Å². The van der Waals surface area contributed by atoms with Gasteiger partial charge >= 0.3 is 0 Å². The molecule has 34 heavy (non-hydrogen) atoms. The monoisotopic (exact) mass is 476 g/mol. The maximum absolute atomic E-state index is 12.7. The zero-order valence-corrected chi connectivity index (χ0v) is 20.5. The molecule has 0 saturated carbocycles. The maximum atomic E-state index is 12.7. The van der Waals surface area contributed by atoms with Gasteiger partial charge in [0, 0.05) is 19.4 Å². The van der Waals surface area contributed by atoms with E-state index in [0.29, 0.717) is 39.1 Å². The molecule has 0 aliphatic rings. The zero-order chi connectivity index (χ0) is 25.1. The molecule has 190 valence electrons. The fraction of sp³-hybridized carbons (Fsp3) is 0.800. The highest BCUT2D eigenvalue weighted by Crippen LogP contribution is 2.13. The molecule has 0 aliphatic carbocycles. The molecule has 0 aromatic carbocycles. The van der Waals surface area contributed by atoms with Gasteiger partial charge in [0.15, 0.2) is 0 Å². The van der Waals surface area contributed by atoms with Crippen LogP contribution in [0.5, 0.6) is 0 Å². The predicted octanol–water partition coefficient (Wildman–Crippen LogP) is 4.75. The molecule has 0 fully saturated rings. The fourth-order valence-electron chi connectivity index (χ4n) is 3.59. The van der Waals surface area contributed by atoms with E-state index in [2.05, 4.69) is 14.7 Å². The van der Waals surface area contributed by atoms with Gasteiger partial charge in [-0.1, -0.05) is 44.9 Å². The highest BCUT2D eigenvalue weighted by Gasteiger charge is 2.20. The molecule has 0 bridgehead atoms. The van der Waals surface area contributed by atoms with Crippen LogP contribution in [0.2, 0.25) is 0 Å². The van der Waals surface area contributed by atoms with E-state index in [1.807, 2.05) is 0 Å². The Kier molecular flexibility index (Phi) is 22.8. The summed E-state index contributed by atoms with van der Waals surface area (Å²) in [6, 6.07) is 0. The van der Waals surface area contributed by atoms with Gasteiger partial charge in [-0.25, -0.2) is 19.6 Å². The SMILES string of the molecule is N#COCCCCCCN(C(=O)CCCCCCCN=C=O)C(=O)CCCCCCCN=C=O. The third kappa shape index (κ3) is 19.8. The van der Waals surface area contributed by atoms with Crippen molar-refractivity contribution in [3.63, 3.8) is 0 Å². The van der Waals surface area contributed by atoms with E-state index in [0.717, 1.165) is 89.9 Å². The Morgan fingerprint density at radius 2 is 1.09 bits per heavy atom. The lowest BCUT2D eigenvalue weighted by Crippen LogP contribution is -2.37. The summed E-state index contributed by atoms with van der Waals surface area (Å²) in [5, 5.41) is 8.38. The molecule has 0 N–H and O–H groups in total. The number of aliphatic imine (C=N–C) groups is 2. The van der Waals surface area contributed by atoms with Crippen molar-refractivity contribution < 1.29 is 23.9 Å². The number of rotatable bonds is 23. The average Bonchev–Trinajstić information content (AvgIpc) is 2.84. The van der Waals surface area contributed by atoms with Gasteiger partial charge in [0.1, 0.15) is 6.61 Å². The molecule has 0 unspecified atom stereocenters. The summed E-state index contributed by atoms with van der Waals surface area (Å²) < 4.78 is 4.66. The van der Waals surface area contributed by atoms with Crippen LogP contribution in [-0.4, -0.2) is 55.1 Å². The van der Waals surface area contributed by atoms with Crippen molar-refractivity contribution in [3.05, 3.63) is 0 Å². The molecule has 2 amide bonds. The van der Waals surface area contributed by atoms with Crippen LogP contribution in [0.15, 0.2) is 9.98 Å². The Labute approximate surface area is 203 Å². The summed E-state index contributed by atoms with van der Waals surface area (Å²) in [6.07, 6.45) is 17.6. The lowest BCUT2D eigenvalue weighted by Gasteiger charge is -2.21. The Hall–Kier alpha value is -2.81. The Bertz CT molecular complexity index is 635. The summed E-state index contributed by atoms with van der Waals surface area (Å²) in [5.41, 5.74) is 0. The largest absolute Gasteiger partial charge is 0.428 e. The molecule has 0 aliphatic heterocycles. The maximum Gasteiger partial charge on any atom is 0.286 e. The van der Waals surface area contributed by atoms with E-state index in [-0.39, 0.29) is 11.8 Å². The van der Waals surface area contributed by atoms with Crippen LogP contribution in [0.3, 0.4) is 0 Å². The number of nitrogens with zero attached hydrogens (tertiary/aromatic N) is 4. The molecule has 0 rings (SSSR count). The summed E-state index contributed by atoms with van der Waals surface area (Å²) in [7, 11) is 0. The summed E-state index contributed by atoms with van der Waals surface area (Å²) >= 11 is 0. The van der Waals surface area contributed by atoms with Gasteiger partial charge in [-0.15, -0.1) is 0 Å². The third-order valence-corrected chi connectivity index (χ3v) is 5.49. The normalized spacial score (nSPS) is 9.97. The van der Waals surface area contributed by atoms with Gasteiger partial charge in [0.2, 0.25) is 24.0 Å². The van der Waals surface area contributed by atoms with E-state index in [1.54, 1.807) is 6.26 Å². The van der Waals surface area contributed by atoms with Gasteiger partial charge in [0.25, 0.3) is 6.26 Å². The standard InChI is InChI=1S/C25H40N4O5/c26-21-34-20-14-8-7-13-19-29(24(32)15-9-3-1-5-11-17-27-22-30)25(33)16-10-4-2-6-12-18-28-23-31/h1-20H2. The number of isocyanates is 2. The van der Waals surface area contributed by atoms with Gasteiger partial charge in [-0.2, -0.15) is 5.26 Å². The van der Waals surface area contributed by atoms with E-state index in [1.165, 1.54) is 17.1 Å². The first-order valence-corrected chi connectivity index (χ1v) is 12.6. The van der Waals surface area contributed by atoms with Crippen LogP contribution in [-0.2, 0) is 23.9 Å². The van der Waals surface area contributed by atoms with E-state index >= 15 is 0 Å². The molecule has 9 nitrogen and oxygen atoms in total. The van der Waals surface area contributed by atoms with Gasteiger partial charge < -0.3 is 4.74 Å². The molecule has 0 radical (unpaired) electrons. The fourth-order valence-corrected chi connectivity index (χ4v) is 3.59. The first-order valence-electron chi connectivity index (χ1n) is 12.6. The highest BCUT2D eigenvalue weighted by atomic mass is 16.5. The van der Waals surface area contributed by atoms with Gasteiger partial charge in [0.05, 0.1) is 13.1 Å². The van der Waals surface area contributed by atoms with Crippen molar-refractivity contribution in [3.8, 4) is 6.26 Å². The van der Waals surface area contributed by atoms with E-state index < -0.39 is 0 Å². The minimum absolute atomic E-state index is 0.102. The first kappa shape index (κ1) is 31.2. The van der Waals surface area contributed by atoms with Crippen LogP contribution < -0.4 is 0 Å². The molecule has 0 saturated heterocycles. The lowest BCUT2D eigenvalue weighted by atomic mass is 10.1. The minimum Gasteiger partial charge on any atom is -0.428 e. The number of hydrogen-bond donors (Lipinski definition) is 0. The molecule has 0 aromatic heterocycles. The zero-order valence-electron chi connectivity index (χ0n) is 20.5. The van der Waals surface area contributed by atoms with Crippen molar-refractivity contribution in [2.24, 2.45) is 9.98 Å². The quantitative estimate of drug-likeness (QED) is 0.0905. The smallest absolute Gasteiger partial charge is 0.286 e. The van der Waals surface area contributed by atoms with Crippen LogP contribution in [0.25, 0.3) is 0 Å². The van der Waals surface area contributed by atoms with Crippen molar-refractivity contribution in [2.75, 3.05) is 26.2 Å². The number of imide groups is 1. The number of unbranched alkanes of at least 4 members (excludes halogenated alkanes) is 11. The number of amides is 2. The molecule has 0 heterocycles. The molecular weight excluding hydrogens is 436 g/mol. The number of nitriles is 1. The predicted molar refractivity (Wildman–Crippen MR) is 128 cm³/mol. The highest BCUT2D eigenvalue weighted by molar-refractivity contribution is 5.95. The van der Waals surface area contributed by atoms with Crippen molar-refractivity contribution in [2.45, 2.75) is 103 Å². The average molecular weight is 477 g/mol. The number of carbonyl (C=O) groups is 2. The van der Waals surface area contributed by atoms with E-state index in [4.69, 9.17) is 5.26 Å². The summed E-state index contributed by atoms with van der Waals surface area (Å²) in [6.45, 7) is 1.84. The number of hydrogen-bond acceptors (Lipinski definition) is 8. The summed E-state index contributed by atoms with van der Waals surface area (Å²) in [4.78, 5) is 54.1. The molecule has 0 spiro atoms. The number of carbonyl (C=O) groups excluding carboxylic acids is 4. The van der Waals surface area contributed by atoms with Crippen LogP contribution in [0, 0.1) is 11.5 Å². The third-order valence-electron chi connectivity index (χ3n) is 5.49. The first-order chi connectivity index (χ1) is 16.7. The second-order valence-corrected chi connectivity index (χ2v) is 8.27.